The van der Waals surface area contributed by atoms with E-state index < -0.39 is 53.4 Å². The summed E-state index contributed by atoms with van der Waals surface area (Å²) >= 11 is 0. The van der Waals surface area contributed by atoms with E-state index in [2.05, 4.69) is 31.4 Å². The number of aromatic nitrogens is 3. The second-order valence-corrected chi connectivity index (χ2v) is 11.5. The minimum atomic E-state index is -1.10. The number of nitrogens with one attached hydrogen (secondary N) is 4. The smallest absolute Gasteiger partial charge is 0.347 e. The van der Waals surface area contributed by atoms with Crippen molar-refractivity contribution < 1.29 is 28.5 Å². The molecule has 254 valence electrons. The Hall–Kier alpha value is -6.12. The average molecular weight is 669 g/mol. The lowest BCUT2D eigenvalue weighted by Crippen LogP contribution is -2.57. The van der Waals surface area contributed by atoms with Crippen molar-refractivity contribution in [2.24, 2.45) is 0 Å². The number of carbonyl (C=O) groups is 5. The molecule has 3 heterocycles. The lowest BCUT2D eigenvalue weighted by atomic mass is 10.0. The second kappa shape index (κ2) is 16.1. The van der Waals surface area contributed by atoms with Crippen molar-refractivity contribution >= 4 is 29.5 Å². The highest BCUT2D eigenvalue weighted by Gasteiger charge is 2.30. The first-order valence-corrected chi connectivity index (χ1v) is 15.7. The number of nitrogens with zero attached hydrogens (tertiary/aromatic N) is 4. The fourth-order valence-corrected chi connectivity index (χ4v) is 5.19. The van der Waals surface area contributed by atoms with Crippen LogP contribution in [0, 0.1) is 0 Å². The molecule has 4 N–H and O–H groups in total. The molecule has 0 fully saturated rings. The van der Waals surface area contributed by atoms with E-state index in [0.29, 0.717) is 0 Å². The number of fused-ring (bicyclic) bond motifs is 2. The Morgan fingerprint density at radius 2 is 1.47 bits per heavy atom. The summed E-state index contributed by atoms with van der Waals surface area (Å²) in [5, 5.41) is 14.7. The van der Waals surface area contributed by atoms with Crippen molar-refractivity contribution in [1.29, 1.82) is 0 Å². The molecule has 0 spiro atoms. The molecule has 0 radical (unpaired) electrons. The summed E-state index contributed by atoms with van der Waals surface area (Å²) in [6.45, 7) is 0.917. The lowest BCUT2D eigenvalue weighted by Gasteiger charge is -2.26. The number of carbonyl (C=O) groups excluding carboxylic acids is 5. The van der Waals surface area contributed by atoms with Crippen LogP contribution < -0.4 is 27.0 Å². The summed E-state index contributed by atoms with van der Waals surface area (Å²) in [5.41, 5.74) is 0.791. The summed E-state index contributed by atoms with van der Waals surface area (Å²) in [5.74, 6) is -2.81. The number of amides is 5. The molecule has 0 saturated carbocycles. The zero-order chi connectivity index (χ0) is 34.8. The van der Waals surface area contributed by atoms with Crippen molar-refractivity contribution in [3.05, 3.63) is 118 Å². The van der Waals surface area contributed by atoms with Crippen LogP contribution in [0.25, 0.3) is 0 Å². The zero-order valence-electron chi connectivity index (χ0n) is 26.7. The van der Waals surface area contributed by atoms with Gasteiger partial charge in [0.05, 0.1) is 6.54 Å². The molecule has 15 nitrogen and oxygen atoms in total. The fourth-order valence-electron chi connectivity index (χ4n) is 5.19. The maximum atomic E-state index is 13.8. The predicted molar refractivity (Wildman–Crippen MR) is 175 cm³/mol. The van der Waals surface area contributed by atoms with Gasteiger partial charge in [-0.2, -0.15) is 0 Å². The van der Waals surface area contributed by atoms with Gasteiger partial charge in [0.2, 0.25) is 23.6 Å². The molecule has 49 heavy (non-hydrogen) atoms. The van der Waals surface area contributed by atoms with Crippen LogP contribution >= 0.6 is 0 Å². The third-order valence-electron chi connectivity index (χ3n) is 7.83. The Balaban J connectivity index is 1.44. The minimum absolute atomic E-state index is 0.0163. The largest absolute Gasteiger partial charge is 0.359 e. The molecule has 3 atom stereocenters. The molecule has 1 aliphatic rings. The van der Waals surface area contributed by atoms with E-state index in [0.717, 1.165) is 15.7 Å². The van der Waals surface area contributed by atoms with Crippen LogP contribution in [0.5, 0.6) is 0 Å². The first-order chi connectivity index (χ1) is 23.7. The van der Waals surface area contributed by atoms with E-state index in [1.54, 1.807) is 12.1 Å². The molecule has 4 aromatic rings. The summed E-state index contributed by atoms with van der Waals surface area (Å²) < 4.78 is 6.48. The van der Waals surface area contributed by atoms with Crippen LogP contribution in [0.2, 0.25) is 0 Å². The van der Waals surface area contributed by atoms with Gasteiger partial charge >= 0.3 is 5.69 Å². The number of rotatable bonds is 6. The topological polar surface area (TPSA) is 198 Å². The first-order valence-electron chi connectivity index (χ1n) is 15.7. The van der Waals surface area contributed by atoms with Crippen LogP contribution in [-0.2, 0) is 45.1 Å². The van der Waals surface area contributed by atoms with E-state index >= 15 is 0 Å². The van der Waals surface area contributed by atoms with Gasteiger partial charge in [-0.1, -0.05) is 65.8 Å². The lowest BCUT2D eigenvalue weighted by molar-refractivity contribution is -0.134. The SMILES string of the molecule is C[C@@H]1NC(=O)c2cc(on2)CN(C(=O)Cn2cccnc2=O)CCNC(=O)[C@@H](Cc2ccccc2)NC(=O)[C@H](Cc2ccccc2)NC1=O. The molecule has 0 saturated heterocycles. The van der Waals surface area contributed by atoms with Crippen molar-refractivity contribution in [2.45, 2.75) is 51.0 Å². The van der Waals surface area contributed by atoms with E-state index in [4.69, 9.17) is 4.52 Å². The van der Waals surface area contributed by atoms with Crippen LogP contribution in [0.1, 0.15) is 34.3 Å². The molecule has 5 rings (SSSR count). The monoisotopic (exact) mass is 668 g/mol. The highest BCUT2D eigenvalue weighted by atomic mass is 16.5. The summed E-state index contributed by atoms with van der Waals surface area (Å²) in [4.78, 5) is 84.3. The molecular formula is C34H36N8O7. The van der Waals surface area contributed by atoms with Crippen LogP contribution in [0.3, 0.4) is 0 Å². The molecule has 15 heteroatoms. The molecule has 2 aromatic heterocycles. The van der Waals surface area contributed by atoms with E-state index in [9.17, 15) is 28.8 Å². The van der Waals surface area contributed by atoms with Crippen molar-refractivity contribution in [3.63, 3.8) is 0 Å². The molecule has 1 aliphatic heterocycles. The van der Waals surface area contributed by atoms with E-state index in [-0.39, 0.29) is 50.5 Å². The summed E-state index contributed by atoms with van der Waals surface area (Å²) in [6, 6.07) is 17.8. The third kappa shape index (κ3) is 9.47. The number of benzene rings is 2. The minimum Gasteiger partial charge on any atom is -0.359 e. The fraction of sp³-hybridized carbons (Fsp3) is 0.294. The summed E-state index contributed by atoms with van der Waals surface area (Å²) in [6.07, 6.45) is 3.00. The van der Waals surface area contributed by atoms with E-state index in [1.807, 2.05) is 48.5 Å². The Morgan fingerprint density at radius 1 is 0.837 bits per heavy atom. The van der Waals surface area contributed by atoms with Gasteiger partial charge in [-0.3, -0.25) is 28.5 Å². The van der Waals surface area contributed by atoms with Gasteiger partial charge in [-0.25, -0.2) is 9.78 Å². The Labute approximate surface area is 281 Å². The van der Waals surface area contributed by atoms with Crippen molar-refractivity contribution in [1.82, 2.24) is 40.9 Å². The van der Waals surface area contributed by atoms with Gasteiger partial charge in [-0.15, -0.1) is 0 Å². The quantitative estimate of drug-likeness (QED) is 0.218. The molecule has 0 aliphatic carbocycles. The Bertz CT molecular complexity index is 1840. The standard InChI is InChI=1S/C34H36N8O7/c1-22-30(44)38-27(18-24-11-6-3-7-12-24)32(46)39-26(17-23-9-4-2-5-10-23)31(45)35-14-16-41(20-25-19-28(40-49-25)33(47)37-22)29(43)21-42-15-8-13-36-34(42)48/h2-13,15,19,22,26-27H,14,16-18,20-21H2,1H3,(H,35,45)(H,37,47)(H,38,44)(H,39,46)/t22-,26+,27-/m0/s1. The Morgan fingerprint density at radius 3 is 2.12 bits per heavy atom. The second-order valence-electron chi connectivity index (χ2n) is 11.5. The van der Waals surface area contributed by atoms with Gasteiger partial charge < -0.3 is 30.7 Å². The van der Waals surface area contributed by atoms with Crippen LogP contribution in [-0.4, -0.2) is 80.4 Å². The highest BCUT2D eigenvalue weighted by Crippen LogP contribution is 2.11. The molecule has 2 aromatic carbocycles. The van der Waals surface area contributed by atoms with Gasteiger partial charge in [-0.05, 0) is 24.1 Å². The summed E-state index contributed by atoms with van der Waals surface area (Å²) in [7, 11) is 0. The van der Waals surface area contributed by atoms with Gasteiger partial charge in [0.1, 0.15) is 24.7 Å². The normalized spacial score (nSPS) is 19.4. The Kier molecular flexibility index (Phi) is 11.3. The van der Waals surface area contributed by atoms with Crippen LogP contribution in [0.4, 0.5) is 0 Å². The van der Waals surface area contributed by atoms with Crippen molar-refractivity contribution in [3.8, 4) is 0 Å². The third-order valence-corrected chi connectivity index (χ3v) is 7.83. The van der Waals surface area contributed by atoms with E-state index in [1.165, 1.54) is 36.4 Å². The zero-order valence-corrected chi connectivity index (χ0v) is 26.7. The first kappa shape index (κ1) is 34.2. The number of hydrogen-bond donors (Lipinski definition) is 4. The maximum Gasteiger partial charge on any atom is 0.347 e. The molecule has 2 bridgehead atoms. The molecular weight excluding hydrogens is 632 g/mol. The van der Waals surface area contributed by atoms with Gasteiger partial charge in [0.15, 0.2) is 11.5 Å². The molecule has 5 amide bonds. The molecule has 0 unspecified atom stereocenters. The average Bonchev–Trinajstić information content (AvgIpc) is 3.57. The van der Waals surface area contributed by atoms with Gasteiger partial charge in [0, 0.05) is 44.4 Å². The van der Waals surface area contributed by atoms with Crippen LogP contribution in [0.15, 0.2) is 94.5 Å². The van der Waals surface area contributed by atoms with Gasteiger partial charge in [0.25, 0.3) is 5.91 Å². The highest BCUT2D eigenvalue weighted by molar-refractivity contribution is 5.97. The maximum absolute atomic E-state index is 13.8. The predicted octanol–water partition coefficient (Wildman–Crippen LogP) is -0.0368. The number of hydrogen-bond acceptors (Lipinski definition) is 9. The van der Waals surface area contributed by atoms with Crippen molar-refractivity contribution in [2.75, 3.05) is 13.1 Å².